The van der Waals surface area contributed by atoms with Crippen molar-refractivity contribution in [2.45, 2.75) is 63.3 Å². The van der Waals surface area contributed by atoms with Gasteiger partial charge in [0.15, 0.2) is 0 Å². The lowest BCUT2D eigenvalue weighted by atomic mass is 9.92. The Bertz CT molecular complexity index is 1030. The topological polar surface area (TPSA) is 57.7 Å². The van der Waals surface area contributed by atoms with Crippen LogP contribution in [0.2, 0.25) is 0 Å². The molecule has 1 aliphatic carbocycles. The van der Waals surface area contributed by atoms with E-state index >= 15 is 0 Å². The highest BCUT2D eigenvalue weighted by molar-refractivity contribution is 7.89. The highest BCUT2D eigenvalue weighted by Crippen LogP contribution is 2.30. The minimum absolute atomic E-state index is 0.0483. The second-order valence-electron chi connectivity index (χ2n) is 8.95. The smallest absolute Gasteiger partial charge is 0.243 e. The minimum atomic E-state index is -3.52. The maximum absolute atomic E-state index is 13.3. The second-order valence-corrected chi connectivity index (χ2v) is 10.9. The summed E-state index contributed by atoms with van der Waals surface area (Å²) in [6.45, 7) is 4.80. The van der Waals surface area contributed by atoms with Crippen LogP contribution >= 0.6 is 0 Å². The van der Waals surface area contributed by atoms with Crippen LogP contribution in [0.5, 0.6) is 0 Å². The molecule has 0 saturated carbocycles. The number of hydrogen-bond donors (Lipinski definition) is 0. The number of carbonyl (C=O) groups is 1. The molecule has 0 spiro atoms. The number of fused-ring (bicyclic) bond motifs is 1. The molecule has 0 atom stereocenters. The van der Waals surface area contributed by atoms with Crippen molar-refractivity contribution in [3.63, 3.8) is 0 Å². The zero-order valence-corrected chi connectivity index (χ0v) is 19.3. The first-order valence-corrected chi connectivity index (χ1v) is 12.8. The van der Waals surface area contributed by atoms with E-state index < -0.39 is 10.0 Å². The molecule has 1 aliphatic heterocycles. The molecular weight excluding hydrogens is 408 g/mol. The Balaban J connectivity index is 1.46. The van der Waals surface area contributed by atoms with Gasteiger partial charge >= 0.3 is 0 Å². The summed E-state index contributed by atoms with van der Waals surface area (Å²) in [5.74, 6) is -0.0652. The Kier molecular flexibility index (Phi) is 6.49. The predicted octanol–water partition coefficient (Wildman–Crippen LogP) is 4.41. The molecular formula is C25H32N2O3S. The molecule has 4 rings (SSSR count). The predicted molar refractivity (Wildman–Crippen MR) is 124 cm³/mol. The summed E-state index contributed by atoms with van der Waals surface area (Å²) in [6.07, 6.45) is 5.41. The number of sulfonamides is 1. The Labute approximate surface area is 186 Å². The largest absolute Gasteiger partial charge is 0.310 e. The molecule has 1 heterocycles. The van der Waals surface area contributed by atoms with Gasteiger partial charge in [-0.1, -0.05) is 24.3 Å². The number of aryl methyl sites for hydroxylation is 2. The van der Waals surface area contributed by atoms with Gasteiger partial charge in [-0.3, -0.25) is 4.79 Å². The number of para-hydroxylation sites is 1. The van der Waals surface area contributed by atoms with Gasteiger partial charge in [-0.25, -0.2) is 8.42 Å². The average Bonchev–Trinajstić information content (AvgIpc) is 2.79. The lowest BCUT2D eigenvalue weighted by Crippen LogP contribution is -2.46. The summed E-state index contributed by atoms with van der Waals surface area (Å²) < 4.78 is 28.0. The molecule has 0 aromatic heterocycles. The van der Waals surface area contributed by atoms with E-state index in [1.165, 1.54) is 17.5 Å². The molecule has 0 bridgehead atoms. The fourth-order valence-corrected chi connectivity index (χ4v) is 6.35. The normalized spacial score (nSPS) is 18.0. The van der Waals surface area contributed by atoms with Crippen molar-refractivity contribution in [1.82, 2.24) is 4.31 Å². The van der Waals surface area contributed by atoms with Crippen LogP contribution in [0.4, 0.5) is 5.69 Å². The number of hydrogen-bond acceptors (Lipinski definition) is 3. The maximum atomic E-state index is 13.3. The van der Waals surface area contributed by atoms with Crippen molar-refractivity contribution in [1.29, 1.82) is 0 Å². The number of nitrogens with zero attached hydrogens (tertiary/aromatic N) is 2. The molecule has 0 N–H and O–H groups in total. The van der Waals surface area contributed by atoms with Crippen molar-refractivity contribution in [2.75, 3.05) is 18.0 Å². The summed E-state index contributed by atoms with van der Waals surface area (Å²) in [6, 6.07) is 15.4. The Hall–Kier alpha value is -2.18. The first-order valence-electron chi connectivity index (χ1n) is 11.4. The number of anilines is 1. The second kappa shape index (κ2) is 9.13. The Morgan fingerprint density at radius 2 is 1.61 bits per heavy atom. The van der Waals surface area contributed by atoms with Gasteiger partial charge < -0.3 is 4.90 Å². The van der Waals surface area contributed by atoms with Crippen LogP contribution in [0.15, 0.2) is 53.4 Å². The van der Waals surface area contributed by atoms with E-state index in [9.17, 15) is 13.2 Å². The molecule has 2 aromatic carbocycles. The van der Waals surface area contributed by atoms with Crippen LogP contribution in [0.25, 0.3) is 0 Å². The Morgan fingerprint density at radius 3 is 2.26 bits per heavy atom. The molecule has 166 valence electrons. The minimum Gasteiger partial charge on any atom is -0.310 e. The Morgan fingerprint density at radius 1 is 0.968 bits per heavy atom. The van der Waals surface area contributed by atoms with E-state index in [0.717, 1.165) is 24.9 Å². The zero-order valence-electron chi connectivity index (χ0n) is 18.5. The van der Waals surface area contributed by atoms with Gasteiger partial charge in [0.25, 0.3) is 0 Å². The van der Waals surface area contributed by atoms with E-state index in [4.69, 9.17) is 0 Å². The summed E-state index contributed by atoms with van der Waals surface area (Å²) in [5.41, 5.74) is 3.35. The van der Waals surface area contributed by atoms with E-state index in [1.807, 2.05) is 61.2 Å². The fraction of sp³-hybridized carbons (Fsp3) is 0.480. The molecule has 0 radical (unpaired) electrons. The number of amides is 1. The third kappa shape index (κ3) is 4.55. The average molecular weight is 441 g/mol. The van der Waals surface area contributed by atoms with Gasteiger partial charge in [0, 0.05) is 30.7 Å². The summed E-state index contributed by atoms with van der Waals surface area (Å²) >= 11 is 0. The molecule has 2 aliphatic rings. The molecule has 1 amide bonds. The van der Waals surface area contributed by atoms with Gasteiger partial charge in [0.05, 0.1) is 4.90 Å². The number of piperidine rings is 1. The third-order valence-corrected chi connectivity index (χ3v) is 8.44. The van der Waals surface area contributed by atoms with Crippen LogP contribution in [0.3, 0.4) is 0 Å². The summed E-state index contributed by atoms with van der Waals surface area (Å²) in [5, 5.41) is 0. The van der Waals surface area contributed by atoms with Gasteiger partial charge in [0.1, 0.15) is 0 Å². The van der Waals surface area contributed by atoms with Crippen LogP contribution < -0.4 is 4.90 Å². The highest BCUT2D eigenvalue weighted by atomic mass is 32.2. The zero-order chi connectivity index (χ0) is 22.0. The van der Waals surface area contributed by atoms with Gasteiger partial charge in [-0.2, -0.15) is 4.31 Å². The van der Waals surface area contributed by atoms with Gasteiger partial charge in [0.2, 0.25) is 15.9 Å². The first-order chi connectivity index (χ1) is 14.9. The maximum Gasteiger partial charge on any atom is 0.243 e. The molecule has 1 saturated heterocycles. The van der Waals surface area contributed by atoms with Crippen molar-refractivity contribution < 1.29 is 13.2 Å². The van der Waals surface area contributed by atoms with E-state index in [1.54, 1.807) is 10.4 Å². The van der Waals surface area contributed by atoms with Crippen LogP contribution in [0, 0.1) is 5.92 Å². The summed E-state index contributed by atoms with van der Waals surface area (Å²) in [7, 11) is -3.52. The molecule has 6 heteroatoms. The van der Waals surface area contributed by atoms with Gasteiger partial charge in [-0.05, 0) is 87.8 Å². The standard InChI is InChI=1S/C25H32N2O3S/c1-19(2)27(23-10-4-3-5-11-23)25(28)21-14-16-26(17-15-21)31(29,30)24-13-12-20-8-6-7-9-22(20)18-24/h3-5,10-13,18-19,21H,6-9,14-17H2,1-2H3. The van der Waals surface area contributed by atoms with Crippen molar-refractivity contribution >= 4 is 21.6 Å². The molecule has 0 unspecified atom stereocenters. The lowest BCUT2D eigenvalue weighted by molar-refractivity contribution is -0.123. The third-order valence-electron chi connectivity index (χ3n) is 6.55. The van der Waals surface area contributed by atoms with Crippen molar-refractivity contribution in [3.8, 4) is 0 Å². The summed E-state index contributed by atoms with van der Waals surface area (Å²) in [4.78, 5) is 15.5. The van der Waals surface area contributed by atoms with Crippen molar-refractivity contribution in [3.05, 3.63) is 59.7 Å². The van der Waals surface area contributed by atoms with Gasteiger partial charge in [-0.15, -0.1) is 0 Å². The van der Waals surface area contributed by atoms with E-state index in [2.05, 4.69) is 0 Å². The van der Waals surface area contributed by atoms with Crippen LogP contribution in [-0.4, -0.2) is 37.8 Å². The molecule has 1 fully saturated rings. The fourth-order valence-electron chi connectivity index (χ4n) is 4.83. The monoisotopic (exact) mass is 440 g/mol. The molecule has 31 heavy (non-hydrogen) atoms. The lowest BCUT2D eigenvalue weighted by Gasteiger charge is -2.35. The first kappa shape index (κ1) is 22.0. The SMILES string of the molecule is CC(C)N(C(=O)C1CCN(S(=O)(=O)c2ccc3c(c2)CCCC3)CC1)c1ccccc1. The quantitative estimate of drug-likeness (QED) is 0.692. The number of carbonyl (C=O) groups excluding carboxylic acids is 1. The number of rotatable bonds is 5. The van der Waals surface area contributed by atoms with Crippen LogP contribution in [-0.2, 0) is 27.7 Å². The van der Waals surface area contributed by atoms with E-state index in [-0.39, 0.29) is 17.9 Å². The van der Waals surface area contributed by atoms with E-state index in [0.29, 0.717) is 30.8 Å². The van der Waals surface area contributed by atoms with Crippen LogP contribution in [0.1, 0.15) is 50.7 Å². The molecule has 5 nitrogen and oxygen atoms in total. The number of benzene rings is 2. The van der Waals surface area contributed by atoms with Crippen molar-refractivity contribution in [2.24, 2.45) is 5.92 Å². The molecule has 2 aromatic rings. The highest BCUT2D eigenvalue weighted by Gasteiger charge is 2.35.